The third-order valence-corrected chi connectivity index (χ3v) is 4.19. The number of aromatic nitrogens is 3. The highest BCUT2D eigenvalue weighted by molar-refractivity contribution is 6.04. The molecule has 3 heterocycles. The van der Waals surface area contributed by atoms with Crippen LogP contribution >= 0.6 is 0 Å². The second-order valence-electron chi connectivity index (χ2n) is 5.96. The molecule has 2 aromatic heterocycles. The zero-order chi connectivity index (χ0) is 16.6. The number of anilines is 2. The largest absolute Gasteiger partial charge is 0.340 e. The van der Waals surface area contributed by atoms with E-state index in [0.717, 1.165) is 23.5 Å². The van der Waals surface area contributed by atoms with Crippen molar-refractivity contribution < 1.29 is 4.79 Å². The van der Waals surface area contributed by atoms with Gasteiger partial charge in [-0.2, -0.15) is 0 Å². The summed E-state index contributed by atoms with van der Waals surface area (Å²) in [5.74, 6) is 1.55. The molecule has 0 spiro atoms. The molecule has 0 bridgehead atoms. The van der Waals surface area contributed by atoms with Crippen molar-refractivity contribution in [1.29, 1.82) is 0 Å². The number of amides is 1. The van der Waals surface area contributed by atoms with Crippen molar-refractivity contribution in [2.45, 2.75) is 39.3 Å². The van der Waals surface area contributed by atoms with E-state index in [1.807, 2.05) is 19.1 Å². The van der Waals surface area contributed by atoms with Gasteiger partial charge in [-0.1, -0.05) is 6.92 Å². The van der Waals surface area contributed by atoms with Gasteiger partial charge in [0.1, 0.15) is 11.7 Å². The molecule has 0 saturated heterocycles. The van der Waals surface area contributed by atoms with Crippen LogP contribution in [-0.4, -0.2) is 40.0 Å². The van der Waals surface area contributed by atoms with Crippen molar-refractivity contribution in [3.63, 3.8) is 0 Å². The van der Waals surface area contributed by atoms with Crippen LogP contribution in [0.1, 0.15) is 27.2 Å². The van der Waals surface area contributed by atoms with Gasteiger partial charge < -0.3 is 9.80 Å². The first-order valence-corrected chi connectivity index (χ1v) is 7.88. The first kappa shape index (κ1) is 15.4. The molecule has 1 aliphatic heterocycles. The van der Waals surface area contributed by atoms with E-state index in [0.29, 0.717) is 5.82 Å². The third-order valence-electron chi connectivity index (χ3n) is 4.19. The monoisotopic (exact) mass is 311 g/mol. The summed E-state index contributed by atoms with van der Waals surface area (Å²) in [5, 5.41) is 0. The minimum atomic E-state index is -0.187. The van der Waals surface area contributed by atoms with E-state index in [-0.39, 0.29) is 18.0 Å². The van der Waals surface area contributed by atoms with Crippen molar-refractivity contribution in [2.24, 2.45) is 0 Å². The van der Waals surface area contributed by atoms with E-state index >= 15 is 0 Å². The van der Waals surface area contributed by atoms with E-state index in [9.17, 15) is 4.79 Å². The van der Waals surface area contributed by atoms with E-state index in [4.69, 9.17) is 4.98 Å². The Kier molecular flexibility index (Phi) is 3.98. The van der Waals surface area contributed by atoms with Crippen LogP contribution in [0.5, 0.6) is 0 Å². The summed E-state index contributed by atoms with van der Waals surface area (Å²) < 4.78 is 0. The molecule has 120 valence electrons. The van der Waals surface area contributed by atoms with Gasteiger partial charge in [-0.25, -0.2) is 9.97 Å². The number of hydrogen-bond donors (Lipinski definition) is 0. The average molecular weight is 311 g/mol. The smallest absolute Gasteiger partial charge is 0.249 e. The fraction of sp³-hybridized carbons (Fsp3) is 0.412. The first-order chi connectivity index (χ1) is 11.0. The summed E-state index contributed by atoms with van der Waals surface area (Å²) in [6, 6.07) is 3.76. The maximum absolute atomic E-state index is 12.6. The summed E-state index contributed by atoms with van der Waals surface area (Å²) in [5.41, 5.74) is 1.67. The molecule has 0 N–H and O–H groups in total. The highest BCUT2D eigenvalue weighted by Crippen LogP contribution is 2.36. The molecule has 1 aliphatic rings. The Morgan fingerprint density at radius 2 is 1.96 bits per heavy atom. The minimum absolute atomic E-state index is 0.0916. The molecule has 23 heavy (non-hydrogen) atoms. The lowest BCUT2D eigenvalue weighted by Crippen LogP contribution is -2.54. The van der Waals surface area contributed by atoms with Gasteiger partial charge in [0.15, 0.2) is 11.6 Å². The van der Waals surface area contributed by atoms with Gasteiger partial charge in [0.05, 0.1) is 6.20 Å². The van der Waals surface area contributed by atoms with Gasteiger partial charge in [-0.15, -0.1) is 0 Å². The normalized spacial score (nSPS) is 17.6. The second-order valence-corrected chi connectivity index (χ2v) is 5.96. The number of carbonyl (C=O) groups excluding carboxylic acids is 1. The Morgan fingerprint density at radius 1 is 1.26 bits per heavy atom. The molecule has 0 aliphatic carbocycles. The van der Waals surface area contributed by atoms with Gasteiger partial charge in [0.2, 0.25) is 5.91 Å². The molecule has 3 rings (SSSR count). The Morgan fingerprint density at radius 3 is 2.57 bits per heavy atom. The van der Waals surface area contributed by atoms with Gasteiger partial charge in [-0.3, -0.25) is 9.78 Å². The summed E-state index contributed by atoms with van der Waals surface area (Å²) in [6.45, 7) is 6.19. The SMILES string of the molecule is CC[C@@H]1C(=O)N(C)c2cnc(-c3ccncc3)nc2N1C(C)C. The Labute approximate surface area is 136 Å². The van der Waals surface area contributed by atoms with Crippen molar-refractivity contribution in [2.75, 3.05) is 16.8 Å². The topological polar surface area (TPSA) is 62.2 Å². The average Bonchev–Trinajstić information content (AvgIpc) is 2.57. The van der Waals surface area contributed by atoms with E-state index in [1.54, 1.807) is 30.5 Å². The summed E-state index contributed by atoms with van der Waals surface area (Å²) >= 11 is 0. The molecule has 1 amide bonds. The standard InChI is InChI=1S/C17H21N5O/c1-5-13-17(23)21(4)14-10-19-15(12-6-8-18-9-7-12)20-16(14)22(13)11(2)3/h6-11,13H,5H2,1-4H3/t13-/m1/s1. The number of likely N-dealkylation sites (N-methyl/N-ethyl adjacent to an activating group) is 1. The lowest BCUT2D eigenvalue weighted by atomic mass is 10.1. The third kappa shape index (κ3) is 2.54. The van der Waals surface area contributed by atoms with Crippen LogP contribution < -0.4 is 9.80 Å². The molecule has 6 heteroatoms. The maximum Gasteiger partial charge on any atom is 0.249 e. The lowest BCUT2D eigenvalue weighted by Gasteiger charge is -2.42. The second kappa shape index (κ2) is 5.95. The van der Waals surface area contributed by atoms with Crippen LogP contribution in [0.3, 0.4) is 0 Å². The van der Waals surface area contributed by atoms with Crippen LogP contribution in [0.15, 0.2) is 30.7 Å². The minimum Gasteiger partial charge on any atom is -0.340 e. The molecule has 0 aromatic carbocycles. The zero-order valence-corrected chi connectivity index (χ0v) is 13.9. The molecular weight excluding hydrogens is 290 g/mol. The van der Waals surface area contributed by atoms with Gasteiger partial charge in [0.25, 0.3) is 0 Å². The summed E-state index contributed by atoms with van der Waals surface area (Å²) in [7, 11) is 1.79. The van der Waals surface area contributed by atoms with Gasteiger partial charge >= 0.3 is 0 Å². The quantitative estimate of drug-likeness (QED) is 0.871. The highest BCUT2D eigenvalue weighted by Gasteiger charge is 2.38. The van der Waals surface area contributed by atoms with E-state index in [2.05, 4.69) is 28.7 Å². The molecular formula is C17H21N5O. The van der Waals surface area contributed by atoms with E-state index in [1.165, 1.54) is 0 Å². The van der Waals surface area contributed by atoms with Gasteiger partial charge in [0, 0.05) is 31.0 Å². The first-order valence-electron chi connectivity index (χ1n) is 7.88. The predicted octanol–water partition coefficient (Wildman–Crippen LogP) is 2.51. The van der Waals surface area contributed by atoms with Gasteiger partial charge in [-0.05, 0) is 32.4 Å². The van der Waals surface area contributed by atoms with Crippen LogP contribution in [0.4, 0.5) is 11.5 Å². The number of nitrogens with zero attached hydrogens (tertiary/aromatic N) is 5. The Hall–Kier alpha value is -2.50. The molecule has 2 aromatic rings. The van der Waals surface area contributed by atoms with Crippen molar-refractivity contribution in [3.8, 4) is 11.4 Å². The van der Waals surface area contributed by atoms with Crippen LogP contribution in [0, 0.1) is 0 Å². The highest BCUT2D eigenvalue weighted by atomic mass is 16.2. The van der Waals surface area contributed by atoms with Crippen molar-refractivity contribution in [3.05, 3.63) is 30.7 Å². The number of hydrogen-bond acceptors (Lipinski definition) is 5. The fourth-order valence-corrected chi connectivity index (χ4v) is 3.02. The fourth-order valence-electron chi connectivity index (χ4n) is 3.02. The Balaban J connectivity index is 2.15. The molecule has 0 fully saturated rings. The lowest BCUT2D eigenvalue weighted by molar-refractivity contribution is -0.120. The van der Waals surface area contributed by atoms with Crippen LogP contribution in [0.2, 0.25) is 0 Å². The zero-order valence-electron chi connectivity index (χ0n) is 13.9. The predicted molar refractivity (Wildman–Crippen MR) is 90.4 cm³/mol. The molecule has 0 unspecified atom stereocenters. The number of carbonyl (C=O) groups is 1. The van der Waals surface area contributed by atoms with Crippen molar-refractivity contribution >= 4 is 17.4 Å². The number of fused-ring (bicyclic) bond motifs is 1. The number of rotatable bonds is 3. The molecule has 1 atom stereocenters. The molecule has 0 radical (unpaired) electrons. The summed E-state index contributed by atoms with van der Waals surface area (Å²) in [6.07, 6.45) is 5.93. The summed E-state index contributed by atoms with van der Waals surface area (Å²) in [4.78, 5) is 29.6. The van der Waals surface area contributed by atoms with Crippen LogP contribution in [-0.2, 0) is 4.79 Å². The molecule has 6 nitrogen and oxygen atoms in total. The van der Waals surface area contributed by atoms with E-state index < -0.39 is 0 Å². The van der Waals surface area contributed by atoms with Crippen molar-refractivity contribution in [1.82, 2.24) is 15.0 Å². The Bertz CT molecular complexity index is 716. The number of pyridine rings is 1. The van der Waals surface area contributed by atoms with Crippen LogP contribution in [0.25, 0.3) is 11.4 Å². The molecule has 0 saturated carbocycles. The maximum atomic E-state index is 12.6.